The highest BCUT2D eigenvalue weighted by molar-refractivity contribution is 6.12. The molecule has 5 aromatic rings. The zero-order chi connectivity index (χ0) is 25.1. The number of pyridine rings is 1. The summed E-state index contributed by atoms with van der Waals surface area (Å²) >= 11 is 0. The van der Waals surface area contributed by atoms with Crippen LogP contribution >= 0.6 is 0 Å². The van der Waals surface area contributed by atoms with Crippen LogP contribution < -0.4 is 14.2 Å². The van der Waals surface area contributed by atoms with Gasteiger partial charge in [-0.3, -0.25) is 4.98 Å². The first-order chi connectivity index (χ1) is 17.7. The van der Waals surface area contributed by atoms with E-state index in [9.17, 15) is 0 Å². The van der Waals surface area contributed by atoms with E-state index in [0.717, 1.165) is 35.0 Å². The van der Waals surface area contributed by atoms with Gasteiger partial charge in [0.1, 0.15) is 0 Å². The Morgan fingerprint density at radius 3 is 2.28 bits per heavy atom. The van der Waals surface area contributed by atoms with Gasteiger partial charge in [-0.1, -0.05) is 62.4 Å². The summed E-state index contributed by atoms with van der Waals surface area (Å²) in [5.74, 6) is 1.87. The van der Waals surface area contributed by atoms with Crippen LogP contribution in [0.4, 0.5) is 0 Å². The summed E-state index contributed by atoms with van der Waals surface area (Å²) in [6.07, 6.45) is 3.73. The van der Waals surface area contributed by atoms with Gasteiger partial charge < -0.3 is 18.8 Å². The fraction of sp³-hybridized carbons (Fsp3) is 0.258. The van der Waals surface area contributed by atoms with Crippen LogP contribution in [0, 0.1) is 0 Å². The van der Waals surface area contributed by atoms with Crippen LogP contribution in [0.3, 0.4) is 0 Å². The summed E-state index contributed by atoms with van der Waals surface area (Å²) in [5.41, 5.74) is 5.26. The van der Waals surface area contributed by atoms with Crippen molar-refractivity contribution in [3.63, 3.8) is 0 Å². The Bertz CT molecular complexity index is 1490. The molecule has 2 heterocycles. The van der Waals surface area contributed by atoms with Crippen molar-refractivity contribution in [3.8, 4) is 28.5 Å². The van der Waals surface area contributed by atoms with Crippen molar-refractivity contribution in [2.24, 2.45) is 0 Å². The number of para-hydroxylation sites is 1. The molecule has 0 aliphatic rings. The summed E-state index contributed by atoms with van der Waals surface area (Å²) in [6, 6.07) is 25.5. The van der Waals surface area contributed by atoms with E-state index >= 15 is 0 Å². The fourth-order valence-electron chi connectivity index (χ4n) is 5.16. The predicted molar refractivity (Wildman–Crippen MR) is 146 cm³/mol. The molecule has 2 aromatic heterocycles. The topological polar surface area (TPSA) is 45.5 Å². The maximum Gasteiger partial charge on any atom is 0.203 e. The van der Waals surface area contributed by atoms with Gasteiger partial charge in [-0.25, -0.2) is 0 Å². The number of fused-ring (bicyclic) bond motifs is 3. The number of hydrogen-bond acceptors (Lipinski definition) is 4. The highest BCUT2D eigenvalue weighted by Crippen LogP contribution is 2.47. The van der Waals surface area contributed by atoms with E-state index in [4.69, 9.17) is 19.2 Å². The van der Waals surface area contributed by atoms with Gasteiger partial charge in [0, 0.05) is 28.0 Å². The molecule has 5 nitrogen and oxygen atoms in total. The Hall–Kier alpha value is -3.99. The first kappa shape index (κ1) is 23.7. The minimum Gasteiger partial charge on any atom is -0.492 e. The Morgan fingerprint density at radius 2 is 1.56 bits per heavy atom. The highest BCUT2D eigenvalue weighted by atomic mass is 16.5. The molecule has 36 heavy (non-hydrogen) atoms. The standard InChI is InChI=1S/C31H32N2O3/c1-5-20-36-27-17-16-24(30(34-3)31(27)35-4)28-29-23(18-19-32-28)22-14-10-11-15-26(22)33(29)25(6-2)21-12-8-7-9-13-21/h7-19,25H,5-6,20H2,1-4H3. The molecule has 0 aliphatic carbocycles. The van der Waals surface area contributed by atoms with E-state index in [1.165, 1.54) is 16.5 Å². The lowest BCUT2D eigenvalue weighted by atomic mass is 10.0. The molecule has 0 saturated heterocycles. The summed E-state index contributed by atoms with van der Waals surface area (Å²) < 4.78 is 20.1. The van der Waals surface area contributed by atoms with Gasteiger partial charge in [-0.15, -0.1) is 0 Å². The number of rotatable bonds is 9. The summed E-state index contributed by atoms with van der Waals surface area (Å²) in [5, 5.41) is 2.37. The number of hydrogen-bond donors (Lipinski definition) is 0. The number of nitrogens with zero attached hydrogens (tertiary/aromatic N) is 2. The zero-order valence-corrected chi connectivity index (χ0v) is 21.3. The predicted octanol–water partition coefficient (Wildman–Crippen LogP) is 7.66. The maximum atomic E-state index is 5.95. The quantitative estimate of drug-likeness (QED) is 0.217. The largest absolute Gasteiger partial charge is 0.492 e. The molecule has 0 aliphatic heterocycles. The van der Waals surface area contributed by atoms with Gasteiger partial charge in [-0.2, -0.15) is 0 Å². The molecule has 5 rings (SSSR count). The van der Waals surface area contributed by atoms with E-state index in [2.05, 4.69) is 79.1 Å². The molecule has 0 fully saturated rings. The number of benzene rings is 3. The maximum absolute atomic E-state index is 5.95. The van der Waals surface area contributed by atoms with Gasteiger partial charge in [0.15, 0.2) is 11.5 Å². The number of aromatic nitrogens is 2. The lowest BCUT2D eigenvalue weighted by Gasteiger charge is -2.22. The monoisotopic (exact) mass is 480 g/mol. The number of ether oxygens (including phenoxy) is 3. The third kappa shape index (κ3) is 3.95. The Kier molecular flexibility index (Phi) is 6.81. The van der Waals surface area contributed by atoms with Crippen LogP contribution in [0.2, 0.25) is 0 Å². The molecule has 5 heteroatoms. The summed E-state index contributed by atoms with van der Waals surface area (Å²) in [4.78, 5) is 4.92. The van der Waals surface area contributed by atoms with Crippen LogP contribution in [-0.2, 0) is 0 Å². The van der Waals surface area contributed by atoms with Crippen molar-refractivity contribution in [1.29, 1.82) is 0 Å². The molecule has 0 spiro atoms. The second kappa shape index (κ2) is 10.3. The van der Waals surface area contributed by atoms with Crippen molar-refractivity contribution >= 4 is 21.8 Å². The lowest BCUT2D eigenvalue weighted by Crippen LogP contribution is -2.10. The van der Waals surface area contributed by atoms with E-state index in [1.54, 1.807) is 14.2 Å². The average molecular weight is 481 g/mol. The smallest absolute Gasteiger partial charge is 0.203 e. The fourth-order valence-corrected chi connectivity index (χ4v) is 5.16. The molecule has 3 aromatic carbocycles. The summed E-state index contributed by atoms with van der Waals surface area (Å²) in [6.45, 7) is 4.92. The van der Waals surface area contributed by atoms with E-state index in [1.807, 2.05) is 18.3 Å². The minimum absolute atomic E-state index is 0.150. The molecule has 1 unspecified atom stereocenters. The van der Waals surface area contributed by atoms with Crippen LogP contribution in [0.25, 0.3) is 33.1 Å². The van der Waals surface area contributed by atoms with Crippen LogP contribution in [0.1, 0.15) is 38.3 Å². The van der Waals surface area contributed by atoms with Gasteiger partial charge in [0.05, 0.1) is 38.1 Å². The SMILES string of the molecule is CCCOc1ccc(-c2nccc3c4ccccc4n(C(CC)c4ccccc4)c23)c(OC)c1OC. The van der Waals surface area contributed by atoms with Crippen molar-refractivity contribution in [2.75, 3.05) is 20.8 Å². The molecule has 184 valence electrons. The van der Waals surface area contributed by atoms with Crippen molar-refractivity contribution < 1.29 is 14.2 Å². The van der Waals surface area contributed by atoms with Crippen molar-refractivity contribution in [3.05, 3.63) is 84.6 Å². The number of methoxy groups -OCH3 is 2. The first-order valence-corrected chi connectivity index (χ1v) is 12.5. The second-order valence-electron chi connectivity index (χ2n) is 8.80. The molecular formula is C31H32N2O3. The van der Waals surface area contributed by atoms with Crippen LogP contribution in [0.5, 0.6) is 17.2 Å². The molecule has 0 amide bonds. The molecular weight excluding hydrogens is 448 g/mol. The van der Waals surface area contributed by atoms with Crippen molar-refractivity contribution in [1.82, 2.24) is 9.55 Å². The minimum atomic E-state index is 0.150. The van der Waals surface area contributed by atoms with Gasteiger partial charge in [-0.05, 0) is 42.7 Å². The second-order valence-corrected chi connectivity index (χ2v) is 8.80. The normalized spacial score (nSPS) is 12.1. The zero-order valence-electron chi connectivity index (χ0n) is 21.3. The Balaban J connectivity index is 1.84. The molecule has 0 saturated carbocycles. The van der Waals surface area contributed by atoms with Crippen LogP contribution in [0.15, 0.2) is 79.0 Å². The summed E-state index contributed by atoms with van der Waals surface area (Å²) in [7, 11) is 3.31. The van der Waals surface area contributed by atoms with E-state index < -0.39 is 0 Å². The molecule has 0 bridgehead atoms. The third-order valence-corrected chi connectivity index (χ3v) is 6.70. The Labute approximate surface area is 212 Å². The molecule has 0 radical (unpaired) electrons. The Morgan fingerprint density at radius 1 is 0.806 bits per heavy atom. The molecule has 0 N–H and O–H groups in total. The molecule has 1 atom stereocenters. The van der Waals surface area contributed by atoms with Crippen LogP contribution in [-0.4, -0.2) is 30.4 Å². The van der Waals surface area contributed by atoms with Gasteiger partial charge in [0.25, 0.3) is 0 Å². The highest BCUT2D eigenvalue weighted by Gasteiger charge is 2.25. The van der Waals surface area contributed by atoms with Gasteiger partial charge in [0.2, 0.25) is 5.75 Å². The average Bonchev–Trinajstić information content (AvgIpc) is 3.27. The van der Waals surface area contributed by atoms with Crippen molar-refractivity contribution in [2.45, 2.75) is 32.7 Å². The first-order valence-electron chi connectivity index (χ1n) is 12.5. The van der Waals surface area contributed by atoms with E-state index in [0.29, 0.717) is 23.9 Å². The lowest BCUT2D eigenvalue weighted by molar-refractivity contribution is 0.284. The van der Waals surface area contributed by atoms with Gasteiger partial charge >= 0.3 is 0 Å². The van der Waals surface area contributed by atoms with E-state index in [-0.39, 0.29) is 6.04 Å². The third-order valence-electron chi connectivity index (χ3n) is 6.70.